The molecule has 1 aromatic rings. The second-order valence-electron chi connectivity index (χ2n) is 4.69. The third kappa shape index (κ3) is 3.12. The first-order valence-electron chi connectivity index (χ1n) is 6.15. The van der Waals surface area contributed by atoms with E-state index in [1.165, 1.54) is 4.68 Å². The zero-order valence-electron chi connectivity index (χ0n) is 10.6. The smallest absolute Gasteiger partial charge is 0.358 e. The zero-order valence-corrected chi connectivity index (χ0v) is 12.1. The molecule has 1 saturated carbocycles. The number of carbonyl (C=O) groups excluding carboxylic acids is 1. The van der Waals surface area contributed by atoms with Gasteiger partial charge in [0.15, 0.2) is 0 Å². The van der Waals surface area contributed by atoms with Gasteiger partial charge < -0.3 is 15.4 Å². The van der Waals surface area contributed by atoms with Gasteiger partial charge in [0.1, 0.15) is 11.0 Å². The molecule has 0 unspecified atom stereocenters. The molecule has 0 radical (unpaired) electrons. The number of carbonyl (C=O) groups is 1. The lowest BCUT2D eigenvalue weighted by Gasteiger charge is -2.11. The average Bonchev–Trinajstić information content (AvgIpc) is 2.92. The Morgan fingerprint density at radius 3 is 2.74 bits per heavy atom. The Morgan fingerprint density at radius 2 is 2.21 bits per heavy atom. The number of nitrogens with zero attached hydrogens (tertiary/aromatic N) is 3. The highest BCUT2D eigenvalue weighted by molar-refractivity contribution is 9.10. The van der Waals surface area contributed by atoms with Crippen LogP contribution >= 0.6 is 15.9 Å². The molecule has 1 aromatic heterocycles. The Morgan fingerprint density at radius 1 is 1.58 bits per heavy atom. The summed E-state index contributed by atoms with van der Waals surface area (Å²) in [6.45, 7) is 1.70. The van der Waals surface area contributed by atoms with Crippen molar-refractivity contribution in [3.63, 3.8) is 0 Å². The third-order valence-electron chi connectivity index (χ3n) is 3.30. The summed E-state index contributed by atoms with van der Waals surface area (Å²) in [7, 11) is 0. The average molecular weight is 331 g/mol. The van der Waals surface area contributed by atoms with E-state index in [2.05, 4.69) is 26.3 Å². The van der Waals surface area contributed by atoms with Crippen molar-refractivity contribution in [3.05, 3.63) is 20.3 Å². The summed E-state index contributed by atoms with van der Waals surface area (Å²) in [5.41, 5.74) is 0.577. The summed E-state index contributed by atoms with van der Waals surface area (Å²) in [5, 5.41) is 17.5. The molecule has 0 bridgehead atoms. The summed E-state index contributed by atoms with van der Waals surface area (Å²) in [4.78, 5) is 22.0. The predicted molar refractivity (Wildman–Crippen MR) is 71.7 cm³/mol. The molecule has 0 aromatic carbocycles. The summed E-state index contributed by atoms with van der Waals surface area (Å²) in [6.07, 6.45) is 4.30. The lowest BCUT2D eigenvalue weighted by atomic mass is 10.2. The van der Waals surface area contributed by atoms with Gasteiger partial charge in [0, 0.05) is 6.04 Å². The van der Waals surface area contributed by atoms with Crippen molar-refractivity contribution in [3.8, 4) is 0 Å². The molecule has 0 atom stereocenters. The molecular formula is C11H15BrN4O3. The topological polar surface area (TPSA) is 90.1 Å². The molecule has 0 spiro atoms. The summed E-state index contributed by atoms with van der Waals surface area (Å²) in [5.74, 6) is -0.411. The highest BCUT2D eigenvalue weighted by atomic mass is 79.9. The largest absolute Gasteiger partial charge is 0.404 e. The maximum absolute atomic E-state index is 11.9. The van der Waals surface area contributed by atoms with Gasteiger partial charge in [-0.25, -0.2) is 0 Å². The number of hydrogen-bond donors (Lipinski definition) is 1. The summed E-state index contributed by atoms with van der Waals surface area (Å²) >= 11 is 3.12. The molecule has 19 heavy (non-hydrogen) atoms. The first kappa shape index (κ1) is 14.0. The summed E-state index contributed by atoms with van der Waals surface area (Å²) in [6, 6.07) is 0.238. The van der Waals surface area contributed by atoms with Crippen LogP contribution in [0.15, 0.2) is 4.47 Å². The van der Waals surface area contributed by atoms with E-state index in [4.69, 9.17) is 0 Å². The third-order valence-corrected chi connectivity index (χ3v) is 4.23. The second-order valence-corrected chi connectivity index (χ2v) is 5.48. The number of rotatable bonds is 4. The quantitative estimate of drug-likeness (QED) is 0.674. The molecule has 1 N–H and O–H groups in total. The Balaban J connectivity index is 2.04. The fourth-order valence-corrected chi connectivity index (χ4v) is 2.69. The minimum atomic E-state index is -0.567. The lowest BCUT2D eigenvalue weighted by Crippen LogP contribution is -2.35. The van der Waals surface area contributed by atoms with Crippen LogP contribution in [0.4, 0.5) is 5.82 Å². The van der Waals surface area contributed by atoms with Crippen molar-refractivity contribution in [2.75, 3.05) is 0 Å². The molecule has 1 heterocycles. The van der Waals surface area contributed by atoms with Crippen LogP contribution in [0.3, 0.4) is 0 Å². The lowest BCUT2D eigenvalue weighted by molar-refractivity contribution is -0.390. The fraction of sp³-hybridized carbons (Fsp3) is 0.636. The van der Waals surface area contributed by atoms with E-state index < -0.39 is 4.92 Å². The Kier molecular flexibility index (Phi) is 4.18. The van der Waals surface area contributed by atoms with Gasteiger partial charge in [-0.2, -0.15) is 4.68 Å². The minimum Gasteiger partial charge on any atom is -0.358 e. The highest BCUT2D eigenvalue weighted by Crippen LogP contribution is 2.26. The van der Waals surface area contributed by atoms with E-state index in [9.17, 15) is 14.9 Å². The molecule has 8 heteroatoms. The number of nitrogens with one attached hydrogen (secondary N) is 1. The molecular weight excluding hydrogens is 316 g/mol. The van der Waals surface area contributed by atoms with Gasteiger partial charge in [-0.3, -0.25) is 4.79 Å². The molecule has 1 amide bonds. The number of halogens is 1. The first-order chi connectivity index (χ1) is 8.99. The standard InChI is InChI=1S/C11H15BrN4O3/c1-7-10(12)11(16(18)19)14-15(7)6-9(17)13-8-4-2-3-5-8/h8H,2-6H2,1H3,(H,13,17). The minimum absolute atomic E-state index is 0.00870. The van der Waals surface area contributed by atoms with Crippen molar-refractivity contribution in [1.29, 1.82) is 0 Å². The number of aromatic nitrogens is 2. The van der Waals surface area contributed by atoms with Crippen LogP contribution in [0.5, 0.6) is 0 Å². The molecule has 1 aliphatic carbocycles. The van der Waals surface area contributed by atoms with E-state index >= 15 is 0 Å². The van der Waals surface area contributed by atoms with E-state index in [0.717, 1.165) is 25.7 Å². The molecule has 104 valence electrons. The molecule has 1 aliphatic rings. The highest BCUT2D eigenvalue weighted by Gasteiger charge is 2.25. The molecule has 2 rings (SSSR count). The number of hydrogen-bond acceptors (Lipinski definition) is 4. The monoisotopic (exact) mass is 330 g/mol. The van der Waals surface area contributed by atoms with Crippen LogP contribution in [-0.2, 0) is 11.3 Å². The van der Waals surface area contributed by atoms with E-state index in [-0.39, 0.29) is 24.3 Å². The molecule has 7 nitrogen and oxygen atoms in total. The van der Waals surface area contributed by atoms with Crippen LogP contribution < -0.4 is 5.32 Å². The predicted octanol–water partition coefficient (Wildman–Crippen LogP) is 1.92. The van der Waals surface area contributed by atoms with Crippen LogP contribution in [0.1, 0.15) is 31.4 Å². The van der Waals surface area contributed by atoms with Crippen LogP contribution in [-0.4, -0.2) is 26.7 Å². The van der Waals surface area contributed by atoms with Gasteiger partial charge in [0.05, 0.1) is 10.8 Å². The van der Waals surface area contributed by atoms with E-state index in [1.54, 1.807) is 6.92 Å². The maximum Gasteiger partial charge on any atom is 0.404 e. The van der Waals surface area contributed by atoms with E-state index in [0.29, 0.717) is 10.2 Å². The van der Waals surface area contributed by atoms with Gasteiger partial charge in [-0.05, 0) is 40.6 Å². The van der Waals surface area contributed by atoms with Gasteiger partial charge >= 0.3 is 5.82 Å². The van der Waals surface area contributed by atoms with E-state index in [1.807, 2.05) is 0 Å². The Labute approximate surface area is 118 Å². The van der Waals surface area contributed by atoms with Crippen molar-refractivity contribution < 1.29 is 9.72 Å². The van der Waals surface area contributed by atoms with Gasteiger partial charge in [0.2, 0.25) is 5.91 Å². The fourth-order valence-electron chi connectivity index (χ4n) is 2.26. The van der Waals surface area contributed by atoms with Crippen molar-refractivity contribution in [2.45, 2.75) is 45.2 Å². The SMILES string of the molecule is Cc1c(Br)c([N+](=O)[O-])nn1CC(=O)NC1CCCC1. The van der Waals surface area contributed by atoms with Crippen molar-refractivity contribution in [1.82, 2.24) is 15.1 Å². The van der Waals surface area contributed by atoms with Crippen LogP contribution in [0.25, 0.3) is 0 Å². The number of amides is 1. The second kappa shape index (κ2) is 5.68. The number of nitro groups is 1. The van der Waals surface area contributed by atoms with Crippen molar-refractivity contribution in [2.24, 2.45) is 0 Å². The van der Waals surface area contributed by atoms with Gasteiger partial charge in [0.25, 0.3) is 0 Å². The first-order valence-corrected chi connectivity index (χ1v) is 6.95. The normalized spacial score (nSPS) is 15.7. The molecule has 0 aliphatic heterocycles. The maximum atomic E-state index is 11.9. The van der Waals surface area contributed by atoms with Crippen LogP contribution in [0.2, 0.25) is 0 Å². The molecule has 1 fully saturated rings. The van der Waals surface area contributed by atoms with Gasteiger partial charge in [-0.15, -0.1) is 0 Å². The zero-order chi connectivity index (χ0) is 14.0. The van der Waals surface area contributed by atoms with Crippen LogP contribution in [0, 0.1) is 17.0 Å². The van der Waals surface area contributed by atoms with Crippen molar-refractivity contribution >= 4 is 27.7 Å². The summed E-state index contributed by atoms with van der Waals surface area (Å²) < 4.78 is 1.68. The Hall–Kier alpha value is -1.44. The molecule has 0 saturated heterocycles. The Bertz CT molecular complexity index is 508. The van der Waals surface area contributed by atoms with Gasteiger partial charge in [-0.1, -0.05) is 12.8 Å².